The summed E-state index contributed by atoms with van der Waals surface area (Å²) in [5, 5.41) is 8.41. The fourth-order valence-electron chi connectivity index (χ4n) is 7.44. The number of piperidine rings is 1. The minimum atomic E-state index is 0.144. The Morgan fingerprint density at radius 3 is 2.66 bits per heavy atom. The van der Waals surface area contributed by atoms with Crippen LogP contribution in [0.5, 0.6) is 0 Å². The van der Waals surface area contributed by atoms with E-state index in [0.29, 0.717) is 18.4 Å². The third kappa shape index (κ3) is 9.00. The Kier molecular flexibility index (Phi) is 11.9. The first-order chi connectivity index (χ1) is 23.2. The summed E-state index contributed by atoms with van der Waals surface area (Å²) in [6, 6.07) is 18.9. The Bertz CT molecular complexity index is 1550. The van der Waals surface area contributed by atoms with Gasteiger partial charge in [0.25, 0.3) is 5.91 Å². The van der Waals surface area contributed by atoms with Crippen LogP contribution in [0.4, 0.5) is 5.69 Å². The molecule has 1 amide bonds. The van der Waals surface area contributed by atoms with Crippen molar-refractivity contribution in [3.63, 3.8) is 0 Å². The second-order valence-corrected chi connectivity index (χ2v) is 13.7. The minimum absolute atomic E-state index is 0.144. The minimum Gasteiger partial charge on any atom is -0.384 e. The number of para-hydroxylation sites is 1. The largest absolute Gasteiger partial charge is 0.384 e. The summed E-state index contributed by atoms with van der Waals surface area (Å²) in [7, 11) is 0. The summed E-state index contributed by atoms with van der Waals surface area (Å²) < 4.78 is 0. The van der Waals surface area contributed by atoms with Gasteiger partial charge in [0.05, 0.1) is 29.0 Å². The lowest BCUT2D eigenvalue weighted by molar-refractivity contribution is 0.0768. The number of benzene rings is 2. The number of hydrogen-bond donors (Lipinski definition) is 2. The summed E-state index contributed by atoms with van der Waals surface area (Å²) in [5.41, 5.74) is 6.44. The molecule has 6 nitrogen and oxygen atoms in total. The maximum atomic E-state index is 13.9. The molecule has 2 aromatic carbocycles. The molecule has 1 saturated heterocycles. The highest BCUT2D eigenvalue weighted by molar-refractivity contribution is 6.09. The number of pyridine rings is 1. The molecular weight excluding hydrogens is 578 g/mol. The lowest BCUT2D eigenvalue weighted by Crippen LogP contribution is -2.35. The molecule has 0 bridgehead atoms. The average Bonchev–Trinajstić information content (AvgIpc) is 3.23. The second kappa shape index (κ2) is 16.9. The van der Waals surface area contributed by atoms with Gasteiger partial charge in [-0.2, -0.15) is 0 Å². The van der Waals surface area contributed by atoms with Crippen LogP contribution in [-0.4, -0.2) is 60.0 Å². The van der Waals surface area contributed by atoms with E-state index >= 15 is 0 Å². The van der Waals surface area contributed by atoms with Crippen LogP contribution in [0.15, 0.2) is 90.6 Å². The van der Waals surface area contributed by atoms with E-state index in [4.69, 9.17) is 4.98 Å². The van der Waals surface area contributed by atoms with E-state index in [1.807, 2.05) is 11.0 Å². The van der Waals surface area contributed by atoms with Crippen molar-refractivity contribution in [3.05, 3.63) is 107 Å². The van der Waals surface area contributed by atoms with Gasteiger partial charge in [-0.25, -0.2) is 4.98 Å². The Morgan fingerprint density at radius 2 is 1.81 bits per heavy atom. The van der Waals surface area contributed by atoms with Gasteiger partial charge in [0.1, 0.15) is 0 Å². The second-order valence-electron chi connectivity index (χ2n) is 13.7. The van der Waals surface area contributed by atoms with Crippen molar-refractivity contribution in [2.75, 3.05) is 44.6 Å². The Hall–Kier alpha value is -3.74. The summed E-state index contributed by atoms with van der Waals surface area (Å²) in [5.74, 6) is 1.48. The van der Waals surface area contributed by atoms with Crippen LogP contribution in [0.25, 0.3) is 10.9 Å². The number of nitrogens with one attached hydrogen (secondary N) is 2. The van der Waals surface area contributed by atoms with Crippen LogP contribution in [0.2, 0.25) is 0 Å². The van der Waals surface area contributed by atoms with Gasteiger partial charge in [-0.15, -0.1) is 0 Å². The van der Waals surface area contributed by atoms with Gasteiger partial charge >= 0.3 is 0 Å². The summed E-state index contributed by atoms with van der Waals surface area (Å²) in [6.07, 6.45) is 20.4. The number of carbonyl (C=O) groups excluding carboxylic acids is 1. The van der Waals surface area contributed by atoms with Crippen LogP contribution in [0.3, 0.4) is 0 Å². The molecule has 3 aliphatic rings. The van der Waals surface area contributed by atoms with Gasteiger partial charge in [0.2, 0.25) is 0 Å². The average molecular weight is 632 g/mol. The lowest BCUT2D eigenvalue weighted by Gasteiger charge is -2.32. The maximum absolute atomic E-state index is 13.9. The van der Waals surface area contributed by atoms with Gasteiger partial charge in [-0.05, 0) is 93.6 Å². The quantitative estimate of drug-likeness (QED) is 0.156. The van der Waals surface area contributed by atoms with E-state index in [9.17, 15) is 4.79 Å². The molecule has 47 heavy (non-hydrogen) atoms. The summed E-state index contributed by atoms with van der Waals surface area (Å²) >= 11 is 0. The number of nitrogens with zero attached hydrogens (tertiary/aromatic N) is 3. The van der Waals surface area contributed by atoms with E-state index in [1.54, 1.807) is 0 Å². The highest BCUT2D eigenvalue weighted by atomic mass is 16.2. The molecule has 0 saturated carbocycles. The van der Waals surface area contributed by atoms with Crippen molar-refractivity contribution in [2.24, 2.45) is 11.8 Å². The standard InChI is InChI=1S/C41H53N5O/c1-2-32(17-12-24-42-29-34-13-8-5-9-14-34)23-28-46-31-38-39(41(46)47)40(36-18-10-11-19-37(36)44-38)43-25-20-33-21-26-45(27-22-33)30-35-15-6-3-4-7-16-35/h3,5-11,13-16,18-19,32-33,42H,2,4,12,17,20-31H2,1H3,(H,43,44). The summed E-state index contributed by atoms with van der Waals surface area (Å²) in [4.78, 5) is 23.5. The molecular formula is C41H53N5O. The molecule has 2 N–H and O–H groups in total. The number of likely N-dealkylation sites (tertiary alicyclic amines) is 1. The van der Waals surface area contributed by atoms with Crippen molar-refractivity contribution in [3.8, 4) is 0 Å². The molecule has 248 valence electrons. The number of rotatable bonds is 16. The fourth-order valence-corrected chi connectivity index (χ4v) is 7.44. The van der Waals surface area contributed by atoms with Crippen LogP contribution in [0, 0.1) is 11.8 Å². The van der Waals surface area contributed by atoms with Gasteiger partial charge in [-0.3, -0.25) is 9.69 Å². The van der Waals surface area contributed by atoms with Crippen LogP contribution in [-0.2, 0) is 13.1 Å². The first-order valence-electron chi connectivity index (χ1n) is 18.1. The Labute approximate surface area is 282 Å². The summed E-state index contributed by atoms with van der Waals surface area (Å²) in [6.45, 7) is 9.88. The zero-order valence-corrected chi connectivity index (χ0v) is 28.3. The zero-order chi connectivity index (χ0) is 32.3. The molecule has 1 aliphatic carbocycles. The molecule has 6 rings (SSSR count). The molecule has 1 unspecified atom stereocenters. The monoisotopic (exact) mass is 631 g/mol. The third-order valence-electron chi connectivity index (χ3n) is 10.3. The molecule has 3 heterocycles. The normalized spacial score (nSPS) is 17.6. The smallest absolute Gasteiger partial charge is 0.258 e. The molecule has 1 fully saturated rings. The van der Waals surface area contributed by atoms with Crippen molar-refractivity contribution in [2.45, 2.75) is 71.4 Å². The Morgan fingerprint density at radius 1 is 0.979 bits per heavy atom. The highest BCUT2D eigenvalue weighted by Gasteiger charge is 2.33. The Balaban J connectivity index is 0.994. The molecule has 1 aromatic heterocycles. The van der Waals surface area contributed by atoms with Gasteiger partial charge in [0, 0.05) is 31.6 Å². The van der Waals surface area contributed by atoms with Gasteiger partial charge < -0.3 is 15.5 Å². The van der Waals surface area contributed by atoms with Gasteiger partial charge in [-0.1, -0.05) is 92.3 Å². The van der Waals surface area contributed by atoms with E-state index in [0.717, 1.165) is 106 Å². The number of aromatic nitrogens is 1. The highest BCUT2D eigenvalue weighted by Crippen LogP contribution is 2.35. The number of fused-ring (bicyclic) bond motifs is 2. The molecule has 1 atom stereocenters. The molecule has 3 aromatic rings. The van der Waals surface area contributed by atoms with E-state index in [-0.39, 0.29) is 5.91 Å². The van der Waals surface area contributed by atoms with Crippen molar-refractivity contribution in [1.29, 1.82) is 0 Å². The lowest BCUT2D eigenvalue weighted by atomic mass is 9.93. The van der Waals surface area contributed by atoms with Crippen molar-refractivity contribution in [1.82, 2.24) is 20.1 Å². The van der Waals surface area contributed by atoms with E-state index in [2.05, 4.69) is 101 Å². The number of anilines is 1. The topological polar surface area (TPSA) is 60.5 Å². The molecule has 0 spiro atoms. The SMILES string of the molecule is CCC(CCCNCc1ccccc1)CCN1Cc2nc3ccccc3c(NCCC3CCN(CC4=CC=CCC=C4)CC3)c2C1=O. The van der Waals surface area contributed by atoms with Crippen molar-refractivity contribution < 1.29 is 4.79 Å². The zero-order valence-electron chi connectivity index (χ0n) is 28.3. The van der Waals surface area contributed by atoms with E-state index in [1.165, 1.54) is 30.4 Å². The number of carbonyl (C=O) groups is 1. The molecule has 6 heteroatoms. The van der Waals surface area contributed by atoms with Crippen LogP contribution < -0.4 is 10.6 Å². The van der Waals surface area contributed by atoms with Crippen LogP contribution in [0.1, 0.15) is 79.9 Å². The predicted octanol–water partition coefficient (Wildman–Crippen LogP) is 8.13. The molecule has 0 radical (unpaired) electrons. The van der Waals surface area contributed by atoms with Crippen LogP contribution >= 0.6 is 0 Å². The maximum Gasteiger partial charge on any atom is 0.258 e. The van der Waals surface area contributed by atoms with Gasteiger partial charge in [0.15, 0.2) is 0 Å². The third-order valence-corrected chi connectivity index (χ3v) is 10.3. The fraction of sp³-hybridized carbons (Fsp3) is 0.463. The van der Waals surface area contributed by atoms with Crippen molar-refractivity contribution >= 4 is 22.5 Å². The first kappa shape index (κ1) is 33.2. The van der Waals surface area contributed by atoms with E-state index < -0.39 is 0 Å². The number of amides is 1. The first-order valence-corrected chi connectivity index (χ1v) is 18.1. The number of allylic oxidation sites excluding steroid dienone is 4. The predicted molar refractivity (Wildman–Crippen MR) is 196 cm³/mol. The number of hydrogen-bond acceptors (Lipinski definition) is 5. The molecule has 2 aliphatic heterocycles.